The maximum absolute atomic E-state index is 13.7. The lowest BCUT2D eigenvalue weighted by molar-refractivity contribution is -0.133. The summed E-state index contributed by atoms with van der Waals surface area (Å²) in [6.45, 7) is 4.61. The minimum Gasteiger partial charge on any atom is -0.493 e. The summed E-state index contributed by atoms with van der Waals surface area (Å²) in [5, 5.41) is 6.10. The first kappa shape index (κ1) is 31.4. The van der Waals surface area contributed by atoms with E-state index in [1.165, 1.54) is 26.4 Å². The fourth-order valence-corrected chi connectivity index (χ4v) is 6.08. The number of hydrogen-bond acceptors (Lipinski definition) is 9. The first-order valence-electron chi connectivity index (χ1n) is 14.8. The molecule has 12 heteroatoms. The molecule has 0 saturated carbocycles. The van der Waals surface area contributed by atoms with E-state index < -0.39 is 12.1 Å². The third-order valence-electron chi connectivity index (χ3n) is 8.27. The number of amides is 3. The second-order valence-corrected chi connectivity index (χ2v) is 11.1. The summed E-state index contributed by atoms with van der Waals surface area (Å²) < 4.78 is 22.3. The number of hydrogen-bond donors (Lipinski definition) is 2. The van der Waals surface area contributed by atoms with Crippen LogP contribution in [0.5, 0.6) is 17.2 Å². The van der Waals surface area contributed by atoms with Crippen molar-refractivity contribution < 1.29 is 33.0 Å². The summed E-state index contributed by atoms with van der Waals surface area (Å²) in [6, 6.07) is 8.98. The van der Waals surface area contributed by atoms with Gasteiger partial charge in [0.1, 0.15) is 6.04 Å². The SMILES string of the molecule is COc1cc2c(c(OC)c1OC)-c1ccc(NC(C)C(=O)N3CCN(C(=O)c4ccco4)CC3)c(=O)cc1C(NC(C)=O)CC2. The van der Waals surface area contributed by atoms with E-state index in [2.05, 4.69) is 10.6 Å². The van der Waals surface area contributed by atoms with Crippen molar-refractivity contribution in [1.82, 2.24) is 15.1 Å². The topological polar surface area (TPSA) is 140 Å². The first-order chi connectivity index (χ1) is 21.7. The smallest absolute Gasteiger partial charge is 0.289 e. The quantitative estimate of drug-likeness (QED) is 0.390. The highest BCUT2D eigenvalue weighted by atomic mass is 16.5. The number of carbonyl (C=O) groups is 3. The number of carbonyl (C=O) groups excluding carboxylic acids is 3. The lowest BCUT2D eigenvalue weighted by Gasteiger charge is -2.35. The molecular formula is C33H38N4O8. The fourth-order valence-electron chi connectivity index (χ4n) is 6.08. The molecule has 45 heavy (non-hydrogen) atoms. The van der Waals surface area contributed by atoms with Crippen LogP contribution in [0.4, 0.5) is 5.69 Å². The van der Waals surface area contributed by atoms with Gasteiger partial charge in [-0.2, -0.15) is 0 Å². The Labute approximate surface area is 261 Å². The maximum Gasteiger partial charge on any atom is 0.289 e. The molecule has 0 spiro atoms. The van der Waals surface area contributed by atoms with Crippen LogP contribution in [0, 0.1) is 0 Å². The Balaban J connectivity index is 1.44. The van der Waals surface area contributed by atoms with Crippen LogP contribution in [0.15, 0.2) is 51.9 Å². The van der Waals surface area contributed by atoms with Crippen molar-refractivity contribution in [2.75, 3.05) is 52.8 Å². The molecule has 2 heterocycles. The van der Waals surface area contributed by atoms with Crippen LogP contribution >= 0.6 is 0 Å². The van der Waals surface area contributed by atoms with Crippen LogP contribution in [-0.4, -0.2) is 81.1 Å². The van der Waals surface area contributed by atoms with Crippen molar-refractivity contribution in [2.24, 2.45) is 0 Å². The number of rotatable bonds is 8. The number of nitrogens with one attached hydrogen (secondary N) is 2. The van der Waals surface area contributed by atoms with Gasteiger partial charge in [0.15, 0.2) is 17.3 Å². The summed E-state index contributed by atoms with van der Waals surface area (Å²) in [7, 11) is 4.63. The largest absolute Gasteiger partial charge is 0.493 e. The number of ether oxygens (including phenoxy) is 3. The van der Waals surface area contributed by atoms with E-state index in [1.807, 2.05) is 12.1 Å². The van der Waals surface area contributed by atoms with Crippen LogP contribution in [-0.2, 0) is 16.0 Å². The molecule has 1 aromatic heterocycles. The van der Waals surface area contributed by atoms with E-state index in [9.17, 15) is 19.2 Å². The highest BCUT2D eigenvalue weighted by Crippen LogP contribution is 2.50. The summed E-state index contributed by atoms with van der Waals surface area (Å²) >= 11 is 0. The van der Waals surface area contributed by atoms with Gasteiger partial charge in [0.05, 0.1) is 39.3 Å². The second kappa shape index (κ2) is 13.3. The Morgan fingerprint density at radius 3 is 2.29 bits per heavy atom. The number of methoxy groups -OCH3 is 3. The number of piperazine rings is 1. The molecule has 1 fully saturated rings. The van der Waals surface area contributed by atoms with E-state index in [0.29, 0.717) is 67.4 Å². The van der Waals surface area contributed by atoms with Gasteiger partial charge in [-0.1, -0.05) is 6.07 Å². The van der Waals surface area contributed by atoms with Gasteiger partial charge in [0.25, 0.3) is 5.91 Å². The molecule has 2 aromatic carbocycles. The summed E-state index contributed by atoms with van der Waals surface area (Å²) in [4.78, 5) is 55.2. The zero-order valence-corrected chi connectivity index (χ0v) is 26.1. The van der Waals surface area contributed by atoms with Crippen molar-refractivity contribution >= 4 is 23.4 Å². The van der Waals surface area contributed by atoms with Gasteiger partial charge < -0.3 is 39.1 Å². The number of fused-ring (bicyclic) bond motifs is 3. The van der Waals surface area contributed by atoms with Crippen molar-refractivity contribution in [2.45, 2.75) is 38.8 Å². The van der Waals surface area contributed by atoms with E-state index >= 15 is 0 Å². The Bertz CT molecular complexity index is 1650. The van der Waals surface area contributed by atoms with Gasteiger partial charge in [0.2, 0.25) is 23.0 Å². The Morgan fingerprint density at radius 2 is 1.67 bits per heavy atom. The molecule has 1 aliphatic carbocycles. The Kier molecular flexibility index (Phi) is 9.31. The van der Waals surface area contributed by atoms with Crippen LogP contribution in [0.3, 0.4) is 0 Å². The molecule has 0 bridgehead atoms. The van der Waals surface area contributed by atoms with Crippen LogP contribution in [0.25, 0.3) is 11.1 Å². The lowest BCUT2D eigenvalue weighted by Crippen LogP contribution is -2.53. The summed E-state index contributed by atoms with van der Waals surface area (Å²) in [5.74, 6) is 1.03. The van der Waals surface area contributed by atoms with E-state index in [-0.39, 0.29) is 34.6 Å². The van der Waals surface area contributed by atoms with Gasteiger partial charge in [-0.25, -0.2) is 0 Å². The van der Waals surface area contributed by atoms with Gasteiger partial charge >= 0.3 is 0 Å². The van der Waals surface area contributed by atoms with Gasteiger partial charge in [-0.3, -0.25) is 19.2 Å². The molecule has 238 valence electrons. The molecule has 5 rings (SSSR count). The van der Waals surface area contributed by atoms with Gasteiger partial charge in [-0.05, 0) is 66.8 Å². The van der Waals surface area contributed by atoms with Crippen molar-refractivity contribution in [3.05, 3.63) is 69.8 Å². The second-order valence-electron chi connectivity index (χ2n) is 11.1. The summed E-state index contributed by atoms with van der Waals surface area (Å²) in [6.07, 6.45) is 2.57. The van der Waals surface area contributed by atoms with E-state index in [4.69, 9.17) is 18.6 Å². The molecule has 12 nitrogen and oxygen atoms in total. The van der Waals surface area contributed by atoms with E-state index in [1.54, 1.807) is 49.1 Å². The summed E-state index contributed by atoms with van der Waals surface area (Å²) in [5.41, 5.74) is 2.89. The molecule has 2 unspecified atom stereocenters. The predicted molar refractivity (Wildman–Crippen MR) is 167 cm³/mol. The molecule has 1 aliphatic heterocycles. The molecule has 2 aliphatic rings. The van der Waals surface area contributed by atoms with Gasteiger partial charge in [0, 0.05) is 38.7 Å². The first-order valence-corrected chi connectivity index (χ1v) is 14.8. The average Bonchev–Trinajstić information content (AvgIpc) is 3.49. The minimum absolute atomic E-state index is 0.187. The van der Waals surface area contributed by atoms with Gasteiger partial charge in [-0.15, -0.1) is 0 Å². The average molecular weight is 619 g/mol. The molecule has 3 amide bonds. The third kappa shape index (κ3) is 6.31. The van der Waals surface area contributed by atoms with Crippen molar-refractivity contribution in [1.29, 1.82) is 0 Å². The minimum atomic E-state index is -0.718. The fraction of sp³-hybridized carbons (Fsp3) is 0.394. The molecule has 2 N–H and O–H groups in total. The third-order valence-corrected chi connectivity index (χ3v) is 8.27. The van der Waals surface area contributed by atoms with E-state index in [0.717, 1.165) is 11.1 Å². The molecule has 1 saturated heterocycles. The van der Waals surface area contributed by atoms with Crippen LogP contribution in [0.2, 0.25) is 0 Å². The Morgan fingerprint density at radius 1 is 0.956 bits per heavy atom. The number of benzene rings is 1. The number of nitrogens with zero attached hydrogens (tertiary/aromatic N) is 2. The van der Waals surface area contributed by atoms with Crippen molar-refractivity contribution in [3.8, 4) is 28.4 Å². The standard InChI is InChI=1S/C33H38N4O8/c1-19(32(40)36-12-14-37(15-13-36)33(41)27-7-6-16-45-27)34-25-11-9-22-23(18-26(25)39)24(35-20(2)38)10-8-21-17-28(42-3)30(43-4)31(44-5)29(21)22/h6-7,9,11,16-19,24H,8,10,12-15H2,1-5H3,(H,34,39)(H,35,38). The number of aryl methyl sites for hydroxylation is 1. The zero-order chi connectivity index (χ0) is 32.2. The highest BCUT2D eigenvalue weighted by Gasteiger charge is 2.31. The van der Waals surface area contributed by atoms with Crippen LogP contribution in [0.1, 0.15) is 48.0 Å². The highest BCUT2D eigenvalue weighted by molar-refractivity contribution is 5.92. The molecule has 2 atom stereocenters. The van der Waals surface area contributed by atoms with Crippen LogP contribution < -0.4 is 30.3 Å². The molecular weight excluding hydrogens is 580 g/mol. The monoisotopic (exact) mass is 618 g/mol. The zero-order valence-electron chi connectivity index (χ0n) is 26.1. The maximum atomic E-state index is 13.7. The molecule has 3 aromatic rings. The Hall–Kier alpha value is -5.00. The number of furan rings is 1. The molecule has 0 radical (unpaired) electrons. The normalized spacial score (nSPS) is 16.4. The van der Waals surface area contributed by atoms with Crippen molar-refractivity contribution in [3.63, 3.8) is 0 Å². The number of anilines is 1. The lowest BCUT2D eigenvalue weighted by atomic mass is 9.95. The predicted octanol–water partition coefficient (Wildman–Crippen LogP) is 3.24.